The molecule has 1 aliphatic heterocycles. The van der Waals surface area contributed by atoms with Crippen LogP contribution in [-0.4, -0.2) is 4.98 Å². The van der Waals surface area contributed by atoms with Crippen LogP contribution in [-0.2, 0) is 5.41 Å². The van der Waals surface area contributed by atoms with Crippen molar-refractivity contribution < 1.29 is 0 Å². The van der Waals surface area contributed by atoms with Crippen LogP contribution in [0.1, 0.15) is 22.3 Å². The van der Waals surface area contributed by atoms with Crippen molar-refractivity contribution in [2.75, 3.05) is 4.90 Å². The molecule has 1 aromatic heterocycles. The molecule has 1 aliphatic carbocycles. The highest BCUT2D eigenvalue weighted by molar-refractivity contribution is 6.06. The number of rotatable bonds is 3. The van der Waals surface area contributed by atoms with Crippen molar-refractivity contribution in [1.82, 2.24) is 4.98 Å². The number of anilines is 3. The molecule has 242 valence electrons. The molecule has 2 heterocycles. The largest absolute Gasteiger partial charge is 0.310 e. The number of aromatic nitrogens is 1. The smallest absolute Gasteiger partial charge is 0.0787 e. The number of nitrogens with zero attached hydrogens (tertiary/aromatic N) is 2. The van der Waals surface area contributed by atoms with Crippen LogP contribution in [0.25, 0.3) is 55.2 Å². The predicted octanol–water partition coefficient (Wildman–Crippen LogP) is 12.9. The summed E-state index contributed by atoms with van der Waals surface area (Å²) < 4.78 is 0. The third-order valence-electron chi connectivity index (χ3n) is 11.2. The van der Waals surface area contributed by atoms with Crippen LogP contribution in [0.3, 0.4) is 0 Å². The Bertz CT molecular complexity index is 2820. The lowest BCUT2D eigenvalue weighted by atomic mass is 9.64. The first-order valence-corrected chi connectivity index (χ1v) is 18.0. The van der Waals surface area contributed by atoms with Gasteiger partial charge in [0.1, 0.15) is 0 Å². The number of pyridine rings is 1. The SMILES string of the molecule is c1ccc(N2c3ccccc3C3(c4ccccc4-c4ccccc43)c3cc(-c4cccc(-c5ccc6ccc7ccccc7c6n5)c4)ccc32)cc1. The van der Waals surface area contributed by atoms with E-state index < -0.39 is 5.41 Å². The molecule has 0 unspecified atom stereocenters. The van der Waals surface area contributed by atoms with Crippen LogP contribution in [0.5, 0.6) is 0 Å². The third kappa shape index (κ3) is 4.03. The maximum atomic E-state index is 5.25. The highest BCUT2D eigenvalue weighted by atomic mass is 15.2. The zero-order valence-corrected chi connectivity index (χ0v) is 28.4. The molecule has 11 rings (SSSR count). The highest BCUT2D eigenvalue weighted by Crippen LogP contribution is 2.63. The summed E-state index contributed by atoms with van der Waals surface area (Å²) in [6, 6.07) is 71.0. The fraction of sp³-hybridized carbons (Fsp3) is 0.0200. The number of hydrogen-bond acceptors (Lipinski definition) is 2. The van der Waals surface area contributed by atoms with Gasteiger partial charge in [-0.25, -0.2) is 4.98 Å². The number of hydrogen-bond donors (Lipinski definition) is 0. The second-order valence-corrected chi connectivity index (χ2v) is 13.9. The number of para-hydroxylation sites is 2. The van der Waals surface area contributed by atoms with Crippen molar-refractivity contribution in [2.45, 2.75) is 5.41 Å². The summed E-state index contributed by atoms with van der Waals surface area (Å²) >= 11 is 0. The van der Waals surface area contributed by atoms with E-state index >= 15 is 0 Å². The summed E-state index contributed by atoms with van der Waals surface area (Å²) in [5, 5.41) is 3.54. The van der Waals surface area contributed by atoms with Crippen molar-refractivity contribution in [2.24, 2.45) is 0 Å². The first-order valence-electron chi connectivity index (χ1n) is 18.0. The standard InChI is InChI=1S/C50H32N2/c1-2-16-38(17-3-1)52-47-24-11-10-23-44(47)50(42-21-8-6-19-40(42)41-20-7-9-22-43(41)50)45-32-36(28-30-48(45)52)35-14-12-15-37(31-35)46-29-27-34-26-25-33-13-4-5-18-39(33)49(34)51-46/h1-32H. The Morgan fingerprint density at radius 2 is 1.00 bits per heavy atom. The Kier molecular flexibility index (Phi) is 6.20. The lowest BCUT2D eigenvalue weighted by Crippen LogP contribution is -2.36. The minimum atomic E-state index is -0.487. The van der Waals surface area contributed by atoms with Gasteiger partial charge in [0.05, 0.1) is 28.0 Å². The van der Waals surface area contributed by atoms with E-state index in [1.54, 1.807) is 0 Å². The van der Waals surface area contributed by atoms with Crippen molar-refractivity contribution in [1.29, 1.82) is 0 Å². The van der Waals surface area contributed by atoms with Gasteiger partial charge in [0.25, 0.3) is 0 Å². The van der Waals surface area contributed by atoms with Gasteiger partial charge in [-0.1, -0.05) is 152 Å². The molecular formula is C50H32N2. The Labute approximate surface area is 302 Å². The van der Waals surface area contributed by atoms with Gasteiger partial charge < -0.3 is 4.90 Å². The van der Waals surface area contributed by atoms with Crippen LogP contribution >= 0.6 is 0 Å². The fourth-order valence-corrected chi connectivity index (χ4v) is 9.02. The summed E-state index contributed by atoms with van der Waals surface area (Å²) in [7, 11) is 0. The monoisotopic (exact) mass is 660 g/mol. The van der Waals surface area contributed by atoms with Crippen molar-refractivity contribution in [3.8, 4) is 33.5 Å². The van der Waals surface area contributed by atoms with Crippen LogP contribution in [0.15, 0.2) is 194 Å². The molecule has 52 heavy (non-hydrogen) atoms. The Hall–Kier alpha value is -6.77. The lowest BCUT2D eigenvalue weighted by Gasteiger charge is -2.45. The molecule has 2 nitrogen and oxygen atoms in total. The van der Waals surface area contributed by atoms with Crippen LogP contribution in [0.4, 0.5) is 17.1 Å². The second-order valence-electron chi connectivity index (χ2n) is 13.9. The topological polar surface area (TPSA) is 16.1 Å². The maximum absolute atomic E-state index is 5.25. The van der Waals surface area contributed by atoms with Crippen LogP contribution < -0.4 is 4.90 Å². The van der Waals surface area contributed by atoms with Crippen molar-refractivity contribution in [3.63, 3.8) is 0 Å². The van der Waals surface area contributed by atoms with Crippen molar-refractivity contribution >= 4 is 38.7 Å². The Morgan fingerprint density at radius 3 is 1.83 bits per heavy atom. The van der Waals surface area contributed by atoms with E-state index in [9.17, 15) is 0 Å². The summed E-state index contributed by atoms with van der Waals surface area (Å²) in [5.74, 6) is 0. The zero-order chi connectivity index (χ0) is 34.2. The molecule has 0 bridgehead atoms. The van der Waals surface area contributed by atoms with E-state index in [4.69, 9.17) is 4.98 Å². The maximum Gasteiger partial charge on any atom is 0.0787 e. The molecule has 9 aromatic rings. The van der Waals surface area contributed by atoms with E-state index in [1.807, 2.05) is 0 Å². The van der Waals surface area contributed by atoms with Crippen LogP contribution in [0.2, 0.25) is 0 Å². The molecule has 0 N–H and O–H groups in total. The zero-order valence-electron chi connectivity index (χ0n) is 28.4. The quantitative estimate of drug-likeness (QED) is 0.175. The predicted molar refractivity (Wildman–Crippen MR) is 216 cm³/mol. The average Bonchev–Trinajstić information content (AvgIpc) is 3.52. The van der Waals surface area contributed by atoms with Gasteiger partial charge in [0, 0.05) is 22.0 Å². The minimum Gasteiger partial charge on any atom is -0.310 e. The first kappa shape index (κ1) is 29.0. The van der Waals surface area contributed by atoms with Gasteiger partial charge in [-0.05, 0) is 92.4 Å². The summed E-state index contributed by atoms with van der Waals surface area (Å²) in [6.45, 7) is 0. The molecule has 0 amide bonds. The number of benzene rings is 8. The van der Waals surface area contributed by atoms with Crippen LogP contribution in [0, 0.1) is 0 Å². The molecular weight excluding hydrogens is 629 g/mol. The lowest BCUT2D eigenvalue weighted by molar-refractivity contribution is 0.753. The van der Waals surface area contributed by atoms with E-state index in [0.717, 1.165) is 27.8 Å². The minimum absolute atomic E-state index is 0.487. The van der Waals surface area contributed by atoms with Gasteiger partial charge in [0.15, 0.2) is 0 Å². The molecule has 2 heteroatoms. The van der Waals surface area contributed by atoms with Gasteiger partial charge in [-0.2, -0.15) is 0 Å². The normalized spacial score (nSPS) is 13.5. The first-order chi connectivity index (χ1) is 25.8. The number of fused-ring (bicyclic) bond motifs is 12. The molecule has 1 spiro atoms. The van der Waals surface area contributed by atoms with Gasteiger partial charge in [0.2, 0.25) is 0 Å². The second kappa shape index (κ2) is 11.1. The Balaban J connectivity index is 1.15. The molecule has 0 radical (unpaired) electrons. The summed E-state index contributed by atoms with van der Waals surface area (Å²) in [4.78, 5) is 7.70. The third-order valence-corrected chi connectivity index (χ3v) is 11.2. The Morgan fingerprint density at radius 1 is 0.385 bits per heavy atom. The van der Waals surface area contributed by atoms with Gasteiger partial charge in [-0.3, -0.25) is 0 Å². The van der Waals surface area contributed by atoms with E-state index in [1.165, 1.54) is 66.7 Å². The summed E-state index contributed by atoms with van der Waals surface area (Å²) in [6.07, 6.45) is 0. The summed E-state index contributed by atoms with van der Waals surface area (Å²) in [5.41, 5.74) is 16.4. The van der Waals surface area contributed by atoms with E-state index in [0.29, 0.717) is 0 Å². The highest BCUT2D eigenvalue weighted by Gasteiger charge is 2.51. The van der Waals surface area contributed by atoms with E-state index in [-0.39, 0.29) is 0 Å². The fourth-order valence-electron chi connectivity index (χ4n) is 9.02. The van der Waals surface area contributed by atoms with Gasteiger partial charge >= 0.3 is 0 Å². The molecule has 0 saturated heterocycles. The average molecular weight is 661 g/mol. The molecule has 8 aromatic carbocycles. The molecule has 0 saturated carbocycles. The van der Waals surface area contributed by atoms with Gasteiger partial charge in [-0.15, -0.1) is 0 Å². The molecule has 0 atom stereocenters. The molecule has 2 aliphatic rings. The molecule has 0 fully saturated rings. The van der Waals surface area contributed by atoms with Crippen molar-refractivity contribution in [3.05, 3.63) is 216 Å². The van der Waals surface area contributed by atoms with E-state index in [2.05, 4.69) is 199 Å².